The molecule has 3 aromatic rings. The Labute approximate surface area is 164 Å². The number of hydrogen-bond acceptors (Lipinski definition) is 3. The van der Waals surface area contributed by atoms with Gasteiger partial charge in [-0.15, -0.1) is 0 Å². The van der Waals surface area contributed by atoms with E-state index in [1.165, 1.54) is 0 Å². The largest absolute Gasteiger partial charge is 0.336 e. The molecule has 0 aliphatic carbocycles. The van der Waals surface area contributed by atoms with E-state index in [2.05, 4.69) is 10.2 Å². The van der Waals surface area contributed by atoms with Crippen molar-refractivity contribution >= 4 is 17.5 Å². The Kier molecular flexibility index (Phi) is 5.65. The minimum absolute atomic E-state index is 0.0508. The lowest BCUT2D eigenvalue weighted by Crippen LogP contribution is -2.27. The smallest absolute Gasteiger partial charge is 0.253 e. The van der Waals surface area contributed by atoms with Crippen LogP contribution < -0.4 is 0 Å². The first-order valence-corrected chi connectivity index (χ1v) is 9.32. The van der Waals surface area contributed by atoms with Gasteiger partial charge < -0.3 is 4.90 Å². The number of nitrogens with zero attached hydrogens (tertiary/aromatic N) is 5. The Bertz CT molecular complexity index is 959. The highest BCUT2D eigenvalue weighted by atomic mass is 35.5. The number of aromatic nitrogens is 4. The van der Waals surface area contributed by atoms with Gasteiger partial charge in [0, 0.05) is 24.8 Å². The van der Waals surface area contributed by atoms with Gasteiger partial charge >= 0.3 is 0 Å². The van der Waals surface area contributed by atoms with Gasteiger partial charge in [-0.3, -0.25) is 14.2 Å². The van der Waals surface area contributed by atoms with Crippen molar-refractivity contribution in [2.75, 3.05) is 7.05 Å². The zero-order chi connectivity index (χ0) is 19.6. The first-order chi connectivity index (χ1) is 12.9. The van der Waals surface area contributed by atoms with Crippen LogP contribution in [0.1, 0.15) is 39.9 Å². The fraction of sp³-hybridized carbons (Fsp3) is 0.350. The molecule has 2 aromatic heterocycles. The van der Waals surface area contributed by atoms with Gasteiger partial charge in [-0.2, -0.15) is 10.2 Å². The molecule has 3 rings (SSSR count). The van der Waals surface area contributed by atoms with Crippen molar-refractivity contribution in [1.29, 1.82) is 0 Å². The summed E-state index contributed by atoms with van der Waals surface area (Å²) >= 11 is 6.22. The third-order valence-corrected chi connectivity index (χ3v) is 4.86. The molecule has 6 nitrogen and oxygen atoms in total. The topological polar surface area (TPSA) is 56.0 Å². The van der Waals surface area contributed by atoms with E-state index in [0.717, 1.165) is 22.6 Å². The van der Waals surface area contributed by atoms with Crippen molar-refractivity contribution in [3.05, 3.63) is 69.8 Å². The van der Waals surface area contributed by atoms with E-state index in [0.29, 0.717) is 30.2 Å². The maximum atomic E-state index is 12.9. The van der Waals surface area contributed by atoms with E-state index in [9.17, 15) is 4.79 Å². The molecular weight excluding hydrogens is 362 g/mol. The molecule has 0 aliphatic rings. The fourth-order valence-electron chi connectivity index (χ4n) is 3.15. The molecule has 0 atom stereocenters. The first kappa shape index (κ1) is 19.2. The van der Waals surface area contributed by atoms with E-state index in [4.69, 9.17) is 11.6 Å². The van der Waals surface area contributed by atoms with Crippen LogP contribution >= 0.6 is 11.6 Å². The van der Waals surface area contributed by atoms with Crippen molar-refractivity contribution in [1.82, 2.24) is 24.5 Å². The van der Waals surface area contributed by atoms with Gasteiger partial charge in [-0.05, 0) is 44.5 Å². The molecule has 0 saturated carbocycles. The SMILES string of the molecule is CCn1ncc(Cl)c1CN(C)C(=O)c1cccc(Cn2nc(C)cc2C)c1. The monoisotopic (exact) mass is 385 g/mol. The van der Waals surface area contributed by atoms with E-state index < -0.39 is 0 Å². The summed E-state index contributed by atoms with van der Waals surface area (Å²) in [4.78, 5) is 14.6. The number of carbonyl (C=O) groups excluding carboxylic acids is 1. The maximum Gasteiger partial charge on any atom is 0.253 e. The molecule has 1 aromatic carbocycles. The summed E-state index contributed by atoms with van der Waals surface area (Å²) in [7, 11) is 1.78. The van der Waals surface area contributed by atoms with Crippen molar-refractivity contribution in [2.45, 2.75) is 40.4 Å². The predicted molar refractivity (Wildman–Crippen MR) is 106 cm³/mol. The number of amides is 1. The van der Waals surface area contributed by atoms with Crippen LogP contribution in [-0.2, 0) is 19.6 Å². The van der Waals surface area contributed by atoms with Gasteiger partial charge in [-0.25, -0.2) is 0 Å². The van der Waals surface area contributed by atoms with E-state index in [1.54, 1.807) is 18.1 Å². The summed E-state index contributed by atoms with van der Waals surface area (Å²) in [5.74, 6) is -0.0508. The Hall–Kier alpha value is -2.60. The fourth-order valence-corrected chi connectivity index (χ4v) is 3.35. The number of rotatable bonds is 6. The number of halogens is 1. The highest BCUT2D eigenvalue weighted by Gasteiger charge is 2.17. The van der Waals surface area contributed by atoms with E-state index in [-0.39, 0.29) is 5.91 Å². The predicted octanol–water partition coefficient (Wildman–Crippen LogP) is 3.69. The van der Waals surface area contributed by atoms with Crippen LogP contribution in [0.3, 0.4) is 0 Å². The second-order valence-corrected chi connectivity index (χ2v) is 7.11. The highest BCUT2D eigenvalue weighted by Crippen LogP contribution is 2.18. The van der Waals surface area contributed by atoms with Crippen molar-refractivity contribution in [3.63, 3.8) is 0 Å². The quantitative estimate of drug-likeness (QED) is 0.650. The average Bonchev–Trinajstić information content (AvgIpc) is 3.15. The number of carbonyl (C=O) groups is 1. The summed E-state index contributed by atoms with van der Waals surface area (Å²) < 4.78 is 3.76. The number of aryl methyl sites for hydroxylation is 3. The second-order valence-electron chi connectivity index (χ2n) is 6.70. The highest BCUT2D eigenvalue weighted by molar-refractivity contribution is 6.31. The van der Waals surface area contributed by atoms with Crippen molar-refractivity contribution < 1.29 is 4.79 Å². The van der Waals surface area contributed by atoms with Crippen LogP contribution in [0, 0.1) is 13.8 Å². The average molecular weight is 386 g/mol. The molecule has 2 heterocycles. The summed E-state index contributed by atoms with van der Waals surface area (Å²) in [6.07, 6.45) is 1.62. The maximum absolute atomic E-state index is 12.9. The van der Waals surface area contributed by atoms with Gasteiger partial charge in [0.25, 0.3) is 5.91 Å². The van der Waals surface area contributed by atoms with Crippen molar-refractivity contribution in [2.24, 2.45) is 0 Å². The third kappa shape index (κ3) is 4.22. The van der Waals surface area contributed by atoms with Gasteiger partial charge in [-0.1, -0.05) is 23.7 Å². The minimum atomic E-state index is -0.0508. The van der Waals surface area contributed by atoms with E-state index in [1.807, 2.05) is 60.5 Å². The summed E-state index contributed by atoms with van der Waals surface area (Å²) in [5, 5.41) is 9.30. The van der Waals surface area contributed by atoms with Crippen LogP contribution in [0.5, 0.6) is 0 Å². The summed E-state index contributed by atoms with van der Waals surface area (Å²) in [6.45, 7) is 7.76. The Morgan fingerprint density at radius 3 is 2.67 bits per heavy atom. The van der Waals surface area contributed by atoms with Crippen LogP contribution in [0.15, 0.2) is 36.5 Å². The molecule has 0 radical (unpaired) electrons. The molecule has 0 unspecified atom stereocenters. The lowest BCUT2D eigenvalue weighted by atomic mass is 10.1. The van der Waals surface area contributed by atoms with Gasteiger partial charge in [0.05, 0.1) is 35.7 Å². The normalized spacial score (nSPS) is 11.0. The molecule has 0 fully saturated rings. The molecule has 7 heteroatoms. The van der Waals surface area contributed by atoms with Crippen LogP contribution in [0.4, 0.5) is 0 Å². The molecule has 1 amide bonds. The Balaban J connectivity index is 1.76. The van der Waals surface area contributed by atoms with Gasteiger partial charge in [0.15, 0.2) is 0 Å². The molecule has 0 saturated heterocycles. The zero-order valence-corrected chi connectivity index (χ0v) is 16.9. The molecule has 0 spiro atoms. The third-order valence-electron chi connectivity index (χ3n) is 4.54. The van der Waals surface area contributed by atoms with Crippen LogP contribution in [0.25, 0.3) is 0 Å². The molecule has 0 bridgehead atoms. The zero-order valence-electron chi connectivity index (χ0n) is 16.1. The first-order valence-electron chi connectivity index (χ1n) is 8.94. The number of hydrogen-bond donors (Lipinski definition) is 0. The summed E-state index contributed by atoms with van der Waals surface area (Å²) in [6, 6.07) is 9.72. The Morgan fingerprint density at radius 2 is 2.00 bits per heavy atom. The van der Waals surface area contributed by atoms with E-state index >= 15 is 0 Å². The Morgan fingerprint density at radius 1 is 1.22 bits per heavy atom. The lowest BCUT2D eigenvalue weighted by molar-refractivity contribution is 0.0781. The summed E-state index contributed by atoms with van der Waals surface area (Å²) in [5.41, 5.74) is 4.62. The molecule has 0 N–H and O–H groups in total. The minimum Gasteiger partial charge on any atom is -0.336 e. The second kappa shape index (κ2) is 7.96. The van der Waals surface area contributed by atoms with Crippen LogP contribution in [0.2, 0.25) is 5.02 Å². The molecular formula is C20H24ClN5O. The number of benzene rings is 1. The van der Waals surface area contributed by atoms with Crippen LogP contribution in [-0.4, -0.2) is 37.4 Å². The molecule has 0 aliphatic heterocycles. The van der Waals surface area contributed by atoms with Gasteiger partial charge in [0.2, 0.25) is 0 Å². The molecule has 142 valence electrons. The molecule has 27 heavy (non-hydrogen) atoms. The lowest BCUT2D eigenvalue weighted by Gasteiger charge is -2.18. The van der Waals surface area contributed by atoms with Gasteiger partial charge in [0.1, 0.15) is 0 Å². The standard InChI is InChI=1S/C20H24ClN5O/c1-5-25-19(18(21)11-22-25)13-24(4)20(27)17-8-6-7-16(10-17)12-26-15(3)9-14(2)23-26/h6-11H,5,12-13H2,1-4H3. The van der Waals surface area contributed by atoms with Crippen molar-refractivity contribution in [3.8, 4) is 0 Å².